The Morgan fingerprint density at radius 1 is 1.04 bits per heavy atom. The van der Waals surface area contributed by atoms with Crippen LogP contribution < -0.4 is 10.1 Å². The molecule has 0 fully saturated rings. The Bertz CT molecular complexity index is 766. The first kappa shape index (κ1) is 19.5. The predicted octanol–water partition coefficient (Wildman–Crippen LogP) is 3.34. The van der Waals surface area contributed by atoms with Gasteiger partial charge in [0.05, 0.1) is 6.54 Å². The molecule has 5 heteroatoms. The van der Waals surface area contributed by atoms with Gasteiger partial charge in [0.1, 0.15) is 5.75 Å². The first-order valence-corrected chi connectivity index (χ1v) is 8.73. The van der Waals surface area contributed by atoms with Crippen molar-refractivity contribution in [1.29, 1.82) is 0 Å². The van der Waals surface area contributed by atoms with Gasteiger partial charge in [-0.3, -0.25) is 9.59 Å². The third-order valence-corrected chi connectivity index (χ3v) is 4.23. The summed E-state index contributed by atoms with van der Waals surface area (Å²) < 4.78 is 5.66. The van der Waals surface area contributed by atoms with Crippen molar-refractivity contribution < 1.29 is 14.3 Å². The molecule has 0 bridgehead atoms. The van der Waals surface area contributed by atoms with E-state index in [0.29, 0.717) is 0 Å². The predicted molar refractivity (Wildman–Crippen MR) is 103 cm³/mol. The Morgan fingerprint density at radius 3 is 2.35 bits per heavy atom. The molecular formula is C21H26N2O3. The lowest BCUT2D eigenvalue weighted by Gasteiger charge is -2.19. The second kappa shape index (κ2) is 9.04. The van der Waals surface area contributed by atoms with E-state index < -0.39 is 0 Å². The first-order valence-electron chi connectivity index (χ1n) is 8.73. The number of aryl methyl sites for hydroxylation is 3. The van der Waals surface area contributed by atoms with Crippen LogP contribution in [0.15, 0.2) is 42.5 Å². The van der Waals surface area contributed by atoms with Crippen LogP contribution in [-0.4, -0.2) is 36.9 Å². The molecule has 26 heavy (non-hydrogen) atoms. The van der Waals surface area contributed by atoms with Crippen molar-refractivity contribution in [1.82, 2.24) is 4.90 Å². The summed E-state index contributed by atoms with van der Waals surface area (Å²) in [6.45, 7) is 5.80. The number of hydrogen-bond acceptors (Lipinski definition) is 3. The number of nitrogens with one attached hydrogen (secondary N) is 1. The summed E-state index contributed by atoms with van der Waals surface area (Å²) in [7, 11) is 1.60. The highest BCUT2D eigenvalue weighted by Crippen LogP contribution is 2.22. The number of rotatable bonds is 7. The largest absolute Gasteiger partial charge is 0.483 e. The van der Waals surface area contributed by atoms with Crippen molar-refractivity contribution in [3.05, 3.63) is 59.2 Å². The van der Waals surface area contributed by atoms with Crippen LogP contribution in [0.4, 0.5) is 5.69 Å². The molecule has 0 aliphatic heterocycles. The van der Waals surface area contributed by atoms with Crippen LogP contribution in [0.1, 0.15) is 23.6 Å². The van der Waals surface area contributed by atoms with Crippen molar-refractivity contribution in [2.75, 3.05) is 25.5 Å². The van der Waals surface area contributed by atoms with Gasteiger partial charge in [0.2, 0.25) is 5.91 Å². The average molecular weight is 354 g/mol. The van der Waals surface area contributed by atoms with Crippen LogP contribution in [0.5, 0.6) is 5.75 Å². The van der Waals surface area contributed by atoms with Crippen molar-refractivity contribution in [2.24, 2.45) is 0 Å². The van der Waals surface area contributed by atoms with Crippen molar-refractivity contribution in [3.8, 4) is 5.75 Å². The normalized spacial score (nSPS) is 10.3. The number of nitrogens with zero attached hydrogens (tertiary/aromatic N) is 1. The fraction of sp³-hybridized carbons (Fsp3) is 0.333. The van der Waals surface area contributed by atoms with Gasteiger partial charge in [-0.25, -0.2) is 0 Å². The SMILES string of the molecule is CCc1ccccc1NC(=O)CN(C)C(=O)COc1c(C)cccc1C. The minimum atomic E-state index is -0.244. The highest BCUT2D eigenvalue weighted by Gasteiger charge is 2.15. The summed E-state index contributed by atoms with van der Waals surface area (Å²) in [4.78, 5) is 25.9. The van der Waals surface area contributed by atoms with Crippen LogP contribution in [0.2, 0.25) is 0 Å². The number of ether oxygens (including phenoxy) is 1. The number of amides is 2. The Morgan fingerprint density at radius 2 is 1.69 bits per heavy atom. The highest BCUT2D eigenvalue weighted by atomic mass is 16.5. The molecule has 0 aliphatic rings. The van der Waals surface area contributed by atoms with E-state index in [4.69, 9.17) is 4.74 Å². The van der Waals surface area contributed by atoms with Crippen LogP contribution in [-0.2, 0) is 16.0 Å². The number of carbonyl (C=O) groups is 2. The maximum Gasteiger partial charge on any atom is 0.260 e. The molecule has 0 unspecified atom stereocenters. The van der Waals surface area contributed by atoms with E-state index in [1.165, 1.54) is 4.90 Å². The van der Waals surface area contributed by atoms with Crippen molar-refractivity contribution in [3.63, 3.8) is 0 Å². The second-order valence-electron chi connectivity index (χ2n) is 6.32. The topological polar surface area (TPSA) is 58.6 Å². The van der Waals surface area contributed by atoms with E-state index in [-0.39, 0.29) is 25.0 Å². The lowest BCUT2D eigenvalue weighted by Crippen LogP contribution is -2.37. The van der Waals surface area contributed by atoms with E-state index in [2.05, 4.69) is 5.32 Å². The minimum Gasteiger partial charge on any atom is -0.483 e. The Kier molecular flexibility index (Phi) is 6.78. The maximum atomic E-state index is 12.3. The van der Waals surface area contributed by atoms with Crippen molar-refractivity contribution in [2.45, 2.75) is 27.2 Å². The minimum absolute atomic E-state index is 0.0208. The molecule has 2 aromatic rings. The lowest BCUT2D eigenvalue weighted by molar-refractivity contribution is -0.135. The second-order valence-corrected chi connectivity index (χ2v) is 6.32. The van der Waals surface area contributed by atoms with E-state index in [1.807, 2.05) is 63.2 Å². The fourth-order valence-corrected chi connectivity index (χ4v) is 2.71. The summed E-state index contributed by atoms with van der Waals surface area (Å²) in [5.41, 5.74) is 3.81. The zero-order valence-electron chi connectivity index (χ0n) is 15.8. The van der Waals surface area contributed by atoms with Gasteiger partial charge in [0.15, 0.2) is 6.61 Å². The molecule has 1 N–H and O–H groups in total. The molecule has 5 nitrogen and oxygen atoms in total. The Balaban J connectivity index is 1.89. The van der Waals surface area contributed by atoms with E-state index in [9.17, 15) is 9.59 Å². The van der Waals surface area contributed by atoms with Gasteiger partial charge in [-0.2, -0.15) is 0 Å². The third kappa shape index (κ3) is 5.09. The van der Waals surface area contributed by atoms with Crippen molar-refractivity contribution >= 4 is 17.5 Å². The Labute approximate surface area is 155 Å². The van der Waals surface area contributed by atoms with E-state index >= 15 is 0 Å². The zero-order chi connectivity index (χ0) is 19.1. The Hall–Kier alpha value is -2.82. The molecule has 2 amide bonds. The molecule has 138 valence electrons. The molecule has 0 radical (unpaired) electrons. The molecule has 2 rings (SSSR count). The van der Waals surface area contributed by atoms with Crippen LogP contribution >= 0.6 is 0 Å². The molecule has 2 aromatic carbocycles. The van der Waals surface area contributed by atoms with E-state index in [0.717, 1.165) is 34.5 Å². The number of anilines is 1. The monoisotopic (exact) mass is 354 g/mol. The number of benzene rings is 2. The highest BCUT2D eigenvalue weighted by molar-refractivity contribution is 5.95. The molecule has 0 spiro atoms. The number of hydrogen-bond donors (Lipinski definition) is 1. The fourth-order valence-electron chi connectivity index (χ4n) is 2.71. The summed E-state index contributed by atoms with van der Waals surface area (Å²) in [6, 6.07) is 13.5. The summed E-state index contributed by atoms with van der Waals surface area (Å²) in [5.74, 6) is 0.246. The van der Waals surface area contributed by atoms with Gasteiger partial charge >= 0.3 is 0 Å². The number of likely N-dealkylation sites (N-methyl/N-ethyl adjacent to an activating group) is 1. The quantitative estimate of drug-likeness (QED) is 0.830. The first-order chi connectivity index (χ1) is 12.4. The average Bonchev–Trinajstić information content (AvgIpc) is 2.61. The van der Waals surface area contributed by atoms with Crippen LogP contribution in [0, 0.1) is 13.8 Å². The smallest absolute Gasteiger partial charge is 0.260 e. The zero-order valence-corrected chi connectivity index (χ0v) is 15.8. The van der Waals surface area contributed by atoms with Crippen LogP contribution in [0.25, 0.3) is 0 Å². The van der Waals surface area contributed by atoms with E-state index in [1.54, 1.807) is 7.05 Å². The molecule has 0 atom stereocenters. The molecular weight excluding hydrogens is 328 g/mol. The van der Waals surface area contributed by atoms with Gasteiger partial charge in [0, 0.05) is 12.7 Å². The summed E-state index contributed by atoms with van der Waals surface area (Å²) >= 11 is 0. The number of para-hydroxylation sites is 2. The van der Waals surface area contributed by atoms with Gasteiger partial charge in [-0.05, 0) is 43.0 Å². The lowest BCUT2D eigenvalue weighted by atomic mass is 10.1. The summed E-state index contributed by atoms with van der Waals surface area (Å²) in [6.07, 6.45) is 0.828. The molecule has 0 saturated carbocycles. The molecule has 0 saturated heterocycles. The van der Waals surface area contributed by atoms with Gasteiger partial charge in [0.25, 0.3) is 5.91 Å². The number of carbonyl (C=O) groups excluding carboxylic acids is 2. The molecule has 0 aromatic heterocycles. The standard InChI is InChI=1S/C21H26N2O3/c1-5-17-11-6-7-12-18(17)22-19(24)13-23(4)20(25)14-26-21-15(2)9-8-10-16(21)3/h6-12H,5,13-14H2,1-4H3,(H,22,24). The molecule has 0 aliphatic carbocycles. The van der Waals surface area contributed by atoms with Gasteiger partial charge in [-0.1, -0.05) is 43.3 Å². The molecule has 0 heterocycles. The van der Waals surface area contributed by atoms with Crippen LogP contribution in [0.3, 0.4) is 0 Å². The van der Waals surface area contributed by atoms with Gasteiger partial charge in [-0.15, -0.1) is 0 Å². The van der Waals surface area contributed by atoms with Gasteiger partial charge < -0.3 is 15.0 Å². The maximum absolute atomic E-state index is 12.3. The third-order valence-electron chi connectivity index (χ3n) is 4.23. The summed E-state index contributed by atoms with van der Waals surface area (Å²) in [5, 5.41) is 2.87.